The Morgan fingerprint density at radius 2 is 1.73 bits per heavy atom. The molecule has 0 spiro atoms. The van der Waals surface area contributed by atoms with Crippen LogP contribution < -0.4 is 15.4 Å². The fourth-order valence-electron chi connectivity index (χ4n) is 2.40. The van der Waals surface area contributed by atoms with Gasteiger partial charge in [0.2, 0.25) is 5.95 Å². The van der Waals surface area contributed by atoms with Crippen molar-refractivity contribution in [3.63, 3.8) is 0 Å². The molecule has 3 aromatic rings. The zero-order chi connectivity index (χ0) is 18.2. The Morgan fingerprint density at radius 1 is 0.962 bits per heavy atom. The lowest BCUT2D eigenvalue weighted by molar-refractivity contribution is 0.485. The maximum Gasteiger partial charge on any atom is 0.229 e. The van der Waals surface area contributed by atoms with Crippen molar-refractivity contribution in [3.05, 3.63) is 66.9 Å². The van der Waals surface area contributed by atoms with Crippen molar-refractivity contribution in [2.24, 2.45) is 5.92 Å². The van der Waals surface area contributed by atoms with Crippen molar-refractivity contribution in [2.75, 3.05) is 17.2 Å². The summed E-state index contributed by atoms with van der Waals surface area (Å²) in [6.45, 7) is 5.30. The van der Waals surface area contributed by atoms with Crippen LogP contribution in [0.4, 0.5) is 17.5 Å². The number of hydrogen-bond acceptors (Lipinski definition) is 5. The van der Waals surface area contributed by atoms with Crippen molar-refractivity contribution in [3.8, 4) is 11.5 Å². The Morgan fingerprint density at radius 3 is 2.54 bits per heavy atom. The molecule has 3 rings (SSSR count). The molecular weight excluding hydrogens is 324 g/mol. The topological polar surface area (TPSA) is 59.1 Å². The minimum absolute atomic E-state index is 0.531. The van der Waals surface area contributed by atoms with E-state index in [4.69, 9.17) is 4.74 Å². The summed E-state index contributed by atoms with van der Waals surface area (Å²) in [4.78, 5) is 8.83. The summed E-state index contributed by atoms with van der Waals surface area (Å²) in [5, 5.41) is 6.58. The molecule has 0 aliphatic rings. The van der Waals surface area contributed by atoms with E-state index in [0.717, 1.165) is 36.0 Å². The second kappa shape index (κ2) is 8.85. The van der Waals surface area contributed by atoms with Gasteiger partial charge in [-0.3, -0.25) is 0 Å². The van der Waals surface area contributed by atoms with Gasteiger partial charge in [-0.25, -0.2) is 4.98 Å². The van der Waals surface area contributed by atoms with E-state index in [1.807, 2.05) is 60.7 Å². The Kier molecular flexibility index (Phi) is 6.04. The van der Waals surface area contributed by atoms with Crippen LogP contribution in [0.25, 0.3) is 0 Å². The fourth-order valence-corrected chi connectivity index (χ4v) is 2.40. The molecular formula is C21H24N4O. The molecule has 0 radical (unpaired) electrons. The first-order valence-corrected chi connectivity index (χ1v) is 8.86. The van der Waals surface area contributed by atoms with Gasteiger partial charge in [0.1, 0.15) is 11.6 Å². The number of rotatable bonds is 8. The van der Waals surface area contributed by atoms with Crippen molar-refractivity contribution in [2.45, 2.75) is 20.3 Å². The molecule has 5 heteroatoms. The third kappa shape index (κ3) is 5.21. The SMILES string of the molecule is CC(C)CCNc1ccnc(Nc2ccccc2Oc2ccccc2)n1. The van der Waals surface area contributed by atoms with Gasteiger partial charge < -0.3 is 15.4 Å². The van der Waals surface area contributed by atoms with Crippen LogP contribution in [0.3, 0.4) is 0 Å². The number of benzene rings is 2. The van der Waals surface area contributed by atoms with E-state index in [-0.39, 0.29) is 0 Å². The lowest BCUT2D eigenvalue weighted by Gasteiger charge is -2.13. The first-order valence-electron chi connectivity index (χ1n) is 8.86. The Labute approximate surface area is 154 Å². The van der Waals surface area contributed by atoms with Crippen LogP contribution in [0.15, 0.2) is 66.9 Å². The Bertz CT molecular complexity index is 821. The average molecular weight is 348 g/mol. The molecule has 2 aromatic carbocycles. The summed E-state index contributed by atoms with van der Waals surface area (Å²) in [6, 6.07) is 19.3. The number of aromatic nitrogens is 2. The minimum atomic E-state index is 0.531. The molecule has 5 nitrogen and oxygen atoms in total. The zero-order valence-electron chi connectivity index (χ0n) is 15.1. The quantitative estimate of drug-likeness (QED) is 0.565. The van der Waals surface area contributed by atoms with Gasteiger partial charge in [-0.05, 0) is 42.7 Å². The molecule has 0 saturated carbocycles. The molecule has 26 heavy (non-hydrogen) atoms. The van der Waals surface area contributed by atoms with Crippen LogP contribution in [-0.2, 0) is 0 Å². The van der Waals surface area contributed by atoms with Crippen LogP contribution in [0.5, 0.6) is 11.5 Å². The highest BCUT2D eigenvalue weighted by Gasteiger charge is 2.07. The van der Waals surface area contributed by atoms with Gasteiger partial charge in [0.25, 0.3) is 0 Å². The number of nitrogens with one attached hydrogen (secondary N) is 2. The summed E-state index contributed by atoms with van der Waals surface area (Å²) in [6.07, 6.45) is 2.84. The van der Waals surface area contributed by atoms with Gasteiger partial charge in [0, 0.05) is 12.7 Å². The highest BCUT2D eigenvalue weighted by molar-refractivity contribution is 5.63. The summed E-state index contributed by atoms with van der Waals surface area (Å²) in [5.74, 6) is 3.50. The predicted octanol–water partition coefficient (Wildman–Crippen LogP) is 5.47. The molecule has 1 heterocycles. The molecule has 2 N–H and O–H groups in total. The second-order valence-corrected chi connectivity index (χ2v) is 6.41. The van der Waals surface area contributed by atoms with Gasteiger partial charge in [0.05, 0.1) is 5.69 Å². The number of para-hydroxylation sites is 3. The molecule has 0 atom stereocenters. The maximum atomic E-state index is 5.97. The number of hydrogen-bond donors (Lipinski definition) is 2. The number of anilines is 3. The minimum Gasteiger partial charge on any atom is -0.455 e. The van der Waals surface area contributed by atoms with Crippen molar-refractivity contribution < 1.29 is 4.74 Å². The fraction of sp³-hybridized carbons (Fsp3) is 0.238. The molecule has 1 aromatic heterocycles. The van der Waals surface area contributed by atoms with E-state index in [1.165, 1.54) is 0 Å². The standard InChI is InChI=1S/C21H24N4O/c1-16(2)12-14-22-20-13-15-23-21(25-20)24-18-10-6-7-11-19(18)26-17-8-4-3-5-9-17/h3-11,13,15-16H,12,14H2,1-2H3,(H2,22,23,24,25). The normalized spacial score (nSPS) is 10.6. The molecule has 0 saturated heterocycles. The number of nitrogens with zero attached hydrogens (tertiary/aromatic N) is 2. The predicted molar refractivity (Wildman–Crippen MR) is 106 cm³/mol. The molecule has 134 valence electrons. The van der Waals surface area contributed by atoms with Gasteiger partial charge >= 0.3 is 0 Å². The second-order valence-electron chi connectivity index (χ2n) is 6.41. The van der Waals surface area contributed by atoms with Crippen LogP contribution >= 0.6 is 0 Å². The van der Waals surface area contributed by atoms with E-state index < -0.39 is 0 Å². The van der Waals surface area contributed by atoms with Gasteiger partial charge in [-0.1, -0.05) is 44.2 Å². The lowest BCUT2D eigenvalue weighted by Crippen LogP contribution is -2.07. The highest BCUT2D eigenvalue weighted by Crippen LogP contribution is 2.30. The Balaban J connectivity index is 1.71. The molecule has 0 unspecified atom stereocenters. The van der Waals surface area contributed by atoms with Crippen LogP contribution in [-0.4, -0.2) is 16.5 Å². The molecule has 0 bridgehead atoms. The van der Waals surface area contributed by atoms with Gasteiger partial charge in [0.15, 0.2) is 5.75 Å². The van der Waals surface area contributed by atoms with Crippen molar-refractivity contribution >= 4 is 17.5 Å². The largest absolute Gasteiger partial charge is 0.455 e. The van der Waals surface area contributed by atoms with Crippen LogP contribution in [0, 0.1) is 5.92 Å². The van der Waals surface area contributed by atoms with E-state index in [0.29, 0.717) is 11.9 Å². The smallest absolute Gasteiger partial charge is 0.229 e. The van der Waals surface area contributed by atoms with E-state index >= 15 is 0 Å². The molecule has 0 aliphatic carbocycles. The summed E-state index contributed by atoms with van der Waals surface area (Å²) in [7, 11) is 0. The maximum absolute atomic E-state index is 5.97. The zero-order valence-corrected chi connectivity index (χ0v) is 15.1. The monoisotopic (exact) mass is 348 g/mol. The van der Waals surface area contributed by atoms with E-state index in [2.05, 4.69) is 34.4 Å². The lowest BCUT2D eigenvalue weighted by atomic mass is 10.1. The third-order valence-corrected chi connectivity index (χ3v) is 3.79. The average Bonchev–Trinajstić information content (AvgIpc) is 2.64. The van der Waals surface area contributed by atoms with Crippen LogP contribution in [0.2, 0.25) is 0 Å². The van der Waals surface area contributed by atoms with Gasteiger partial charge in [-0.15, -0.1) is 0 Å². The van der Waals surface area contributed by atoms with Gasteiger partial charge in [-0.2, -0.15) is 4.98 Å². The van der Waals surface area contributed by atoms with Crippen molar-refractivity contribution in [1.29, 1.82) is 0 Å². The molecule has 0 amide bonds. The summed E-state index contributed by atoms with van der Waals surface area (Å²) in [5.41, 5.74) is 0.815. The van der Waals surface area contributed by atoms with Crippen LogP contribution in [0.1, 0.15) is 20.3 Å². The first-order chi connectivity index (χ1) is 12.7. The van der Waals surface area contributed by atoms with E-state index in [9.17, 15) is 0 Å². The summed E-state index contributed by atoms with van der Waals surface area (Å²) >= 11 is 0. The van der Waals surface area contributed by atoms with E-state index in [1.54, 1.807) is 6.20 Å². The Hall–Kier alpha value is -3.08. The van der Waals surface area contributed by atoms with Crippen molar-refractivity contribution in [1.82, 2.24) is 9.97 Å². The summed E-state index contributed by atoms with van der Waals surface area (Å²) < 4.78 is 5.97. The number of ether oxygens (including phenoxy) is 1. The highest BCUT2D eigenvalue weighted by atomic mass is 16.5. The molecule has 0 aliphatic heterocycles. The first kappa shape index (κ1) is 17.7. The third-order valence-electron chi connectivity index (χ3n) is 3.79. The molecule has 0 fully saturated rings.